The lowest BCUT2D eigenvalue weighted by Crippen LogP contribution is -2.42. The van der Waals surface area contributed by atoms with Crippen molar-refractivity contribution in [2.45, 2.75) is 38.9 Å². The minimum absolute atomic E-state index is 0.210. The number of rotatable bonds is 8. The quantitative estimate of drug-likeness (QED) is 0.432. The number of guanidine groups is 1. The fourth-order valence-electron chi connectivity index (χ4n) is 4.14. The van der Waals surface area contributed by atoms with E-state index in [1.807, 2.05) is 43.2 Å². The largest absolute Gasteiger partial charge is 0.465 e. The lowest BCUT2D eigenvalue weighted by atomic mass is 10.1. The van der Waals surface area contributed by atoms with Crippen LogP contribution in [-0.2, 0) is 13.1 Å². The molecule has 31 heavy (non-hydrogen) atoms. The van der Waals surface area contributed by atoms with Crippen LogP contribution >= 0.6 is 0 Å². The molecule has 2 aromatic heterocycles. The van der Waals surface area contributed by atoms with Crippen LogP contribution in [-0.4, -0.2) is 47.3 Å². The van der Waals surface area contributed by atoms with Gasteiger partial charge in [0.15, 0.2) is 5.96 Å². The second-order valence-electron chi connectivity index (χ2n) is 7.99. The molecule has 1 aliphatic rings. The van der Waals surface area contributed by atoms with E-state index in [9.17, 15) is 0 Å². The van der Waals surface area contributed by atoms with E-state index in [1.165, 1.54) is 24.0 Å². The van der Waals surface area contributed by atoms with Gasteiger partial charge in [-0.25, -0.2) is 0 Å². The predicted molar refractivity (Wildman–Crippen MR) is 123 cm³/mol. The van der Waals surface area contributed by atoms with Crippen molar-refractivity contribution < 1.29 is 4.42 Å². The van der Waals surface area contributed by atoms with Crippen LogP contribution in [0.1, 0.15) is 41.5 Å². The van der Waals surface area contributed by atoms with Gasteiger partial charge in [0.1, 0.15) is 11.5 Å². The molecule has 1 saturated heterocycles. The highest BCUT2D eigenvalue weighted by Crippen LogP contribution is 2.26. The Morgan fingerprint density at radius 1 is 1.10 bits per heavy atom. The predicted octanol–water partition coefficient (Wildman–Crippen LogP) is 3.33. The van der Waals surface area contributed by atoms with Crippen molar-refractivity contribution in [3.8, 4) is 0 Å². The SMILES string of the molecule is CN=C(NCc1ccccc1Cn1cccn1)NCC(c1ccc(C)o1)N1CCCC1. The summed E-state index contributed by atoms with van der Waals surface area (Å²) in [6.45, 7) is 6.43. The number of furan rings is 1. The Bertz CT molecular complexity index is 972. The van der Waals surface area contributed by atoms with Crippen LogP contribution in [0.3, 0.4) is 0 Å². The van der Waals surface area contributed by atoms with Crippen molar-refractivity contribution >= 4 is 5.96 Å². The van der Waals surface area contributed by atoms with Crippen molar-refractivity contribution in [1.82, 2.24) is 25.3 Å². The summed E-state index contributed by atoms with van der Waals surface area (Å²) in [6.07, 6.45) is 6.29. The molecular formula is C24H32N6O. The minimum Gasteiger partial charge on any atom is -0.465 e. The topological polar surface area (TPSA) is 70.6 Å². The molecule has 0 saturated carbocycles. The minimum atomic E-state index is 0.210. The summed E-state index contributed by atoms with van der Waals surface area (Å²) in [5.41, 5.74) is 2.48. The van der Waals surface area contributed by atoms with Gasteiger partial charge in [-0.15, -0.1) is 0 Å². The number of benzene rings is 1. The summed E-state index contributed by atoms with van der Waals surface area (Å²) in [4.78, 5) is 6.93. The maximum atomic E-state index is 5.97. The van der Waals surface area contributed by atoms with Crippen molar-refractivity contribution in [1.29, 1.82) is 0 Å². The van der Waals surface area contributed by atoms with Crippen LogP contribution in [0.25, 0.3) is 0 Å². The number of aryl methyl sites for hydroxylation is 1. The van der Waals surface area contributed by atoms with Gasteiger partial charge in [-0.2, -0.15) is 5.10 Å². The standard InChI is InChI=1S/C24H32N6O/c1-19-10-11-23(31-19)22(29-13-5-6-14-29)17-27-24(25-2)26-16-20-8-3-4-9-21(20)18-30-15-7-12-28-30/h3-4,7-12,15,22H,5-6,13-14,16-18H2,1-2H3,(H2,25,26,27). The first-order chi connectivity index (χ1) is 15.2. The second-order valence-corrected chi connectivity index (χ2v) is 7.99. The fourth-order valence-corrected chi connectivity index (χ4v) is 4.14. The molecule has 1 aliphatic heterocycles. The van der Waals surface area contributed by atoms with Gasteiger partial charge in [0.05, 0.1) is 12.6 Å². The number of nitrogens with one attached hydrogen (secondary N) is 2. The van der Waals surface area contributed by atoms with Gasteiger partial charge >= 0.3 is 0 Å². The van der Waals surface area contributed by atoms with Crippen molar-refractivity contribution in [3.63, 3.8) is 0 Å². The molecule has 3 heterocycles. The zero-order chi connectivity index (χ0) is 21.5. The van der Waals surface area contributed by atoms with Gasteiger partial charge in [0.2, 0.25) is 0 Å². The maximum Gasteiger partial charge on any atom is 0.191 e. The molecule has 1 unspecified atom stereocenters. The van der Waals surface area contributed by atoms with Crippen molar-refractivity contribution in [2.24, 2.45) is 4.99 Å². The van der Waals surface area contributed by atoms with Crippen molar-refractivity contribution in [2.75, 3.05) is 26.7 Å². The van der Waals surface area contributed by atoms with E-state index in [2.05, 4.69) is 56.0 Å². The highest BCUT2D eigenvalue weighted by molar-refractivity contribution is 5.79. The molecule has 1 aromatic carbocycles. The first-order valence-corrected chi connectivity index (χ1v) is 11.0. The van der Waals surface area contributed by atoms with Gasteiger partial charge in [-0.3, -0.25) is 14.6 Å². The van der Waals surface area contributed by atoms with Gasteiger partial charge in [-0.1, -0.05) is 24.3 Å². The number of likely N-dealkylation sites (tertiary alicyclic amines) is 1. The summed E-state index contributed by atoms with van der Waals surface area (Å²) in [5, 5.41) is 11.3. The smallest absolute Gasteiger partial charge is 0.191 e. The molecule has 0 bridgehead atoms. The number of nitrogens with zero attached hydrogens (tertiary/aromatic N) is 4. The molecule has 0 aliphatic carbocycles. The molecule has 0 spiro atoms. The Kier molecular flexibility index (Phi) is 7.04. The van der Waals surface area contributed by atoms with E-state index >= 15 is 0 Å². The zero-order valence-electron chi connectivity index (χ0n) is 18.4. The molecule has 0 amide bonds. The van der Waals surface area contributed by atoms with E-state index in [4.69, 9.17) is 4.42 Å². The average molecular weight is 421 g/mol. The fraction of sp³-hybridized carbons (Fsp3) is 0.417. The zero-order valence-corrected chi connectivity index (χ0v) is 18.4. The Morgan fingerprint density at radius 2 is 1.90 bits per heavy atom. The third kappa shape index (κ3) is 5.55. The first kappa shape index (κ1) is 21.2. The van der Waals surface area contributed by atoms with Gasteiger partial charge in [0.25, 0.3) is 0 Å². The van der Waals surface area contributed by atoms with Crippen LogP contribution < -0.4 is 10.6 Å². The molecule has 3 aromatic rings. The van der Waals surface area contributed by atoms with Gasteiger partial charge in [0, 0.05) is 32.5 Å². The molecule has 164 valence electrons. The molecule has 2 N–H and O–H groups in total. The summed E-state index contributed by atoms with van der Waals surface area (Å²) in [6, 6.07) is 14.7. The number of hydrogen-bond donors (Lipinski definition) is 2. The monoisotopic (exact) mass is 420 g/mol. The van der Waals surface area contributed by atoms with E-state index < -0.39 is 0 Å². The molecule has 1 fully saturated rings. The highest BCUT2D eigenvalue weighted by Gasteiger charge is 2.26. The van der Waals surface area contributed by atoms with Gasteiger partial charge in [-0.05, 0) is 62.2 Å². The van der Waals surface area contributed by atoms with Crippen LogP contribution in [0.15, 0.2) is 64.3 Å². The highest BCUT2D eigenvalue weighted by atomic mass is 16.3. The van der Waals surface area contributed by atoms with E-state index in [0.717, 1.165) is 43.7 Å². The lowest BCUT2D eigenvalue weighted by molar-refractivity contribution is 0.213. The molecule has 0 radical (unpaired) electrons. The third-order valence-corrected chi connectivity index (χ3v) is 5.81. The molecule has 1 atom stereocenters. The van der Waals surface area contributed by atoms with Crippen LogP contribution in [0.4, 0.5) is 0 Å². The number of aromatic nitrogens is 2. The molecule has 4 rings (SSSR count). The third-order valence-electron chi connectivity index (χ3n) is 5.81. The molecule has 7 heteroatoms. The Morgan fingerprint density at radius 3 is 2.58 bits per heavy atom. The van der Waals surface area contributed by atoms with Crippen LogP contribution in [0.5, 0.6) is 0 Å². The van der Waals surface area contributed by atoms with E-state index in [0.29, 0.717) is 6.54 Å². The Labute approximate surface area is 184 Å². The van der Waals surface area contributed by atoms with E-state index in [-0.39, 0.29) is 6.04 Å². The maximum absolute atomic E-state index is 5.97. The van der Waals surface area contributed by atoms with Gasteiger partial charge < -0.3 is 15.1 Å². The summed E-state index contributed by atoms with van der Waals surface area (Å²) < 4.78 is 7.91. The Hall–Kier alpha value is -3.06. The van der Waals surface area contributed by atoms with Crippen LogP contribution in [0.2, 0.25) is 0 Å². The first-order valence-electron chi connectivity index (χ1n) is 11.0. The summed E-state index contributed by atoms with van der Waals surface area (Å²) in [5.74, 6) is 2.77. The summed E-state index contributed by atoms with van der Waals surface area (Å²) >= 11 is 0. The Balaban J connectivity index is 1.37. The number of hydrogen-bond acceptors (Lipinski definition) is 4. The lowest BCUT2D eigenvalue weighted by Gasteiger charge is -2.27. The molecule has 7 nitrogen and oxygen atoms in total. The second kappa shape index (κ2) is 10.3. The number of aliphatic imine (C=N–C) groups is 1. The average Bonchev–Trinajstić information content (AvgIpc) is 3.55. The summed E-state index contributed by atoms with van der Waals surface area (Å²) in [7, 11) is 1.81. The normalized spacial score (nSPS) is 15.9. The van der Waals surface area contributed by atoms with E-state index in [1.54, 1.807) is 0 Å². The molecular weight excluding hydrogens is 388 g/mol. The van der Waals surface area contributed by atoms with Crippen molar-refractivity contribution in [3.05, 3.63) is 77.5 Å². The van der Waals surface area contributed by atoms with Crippen LogP contribution in [0, 0.1) is 6.92 Å².